The Balaban J connectivity index is 2.87. The van der Waals surface area contributed by atoms with Gasteiger partial charge in [-0.2, -0.15) is 0 Å². The third kappa shape index (κ3) is 1.49. The summed E-state index contributed by atoms with van der Waals surface area (Å²) in [5, 5.41) is 20.3. The van der Waals surface area contributed by atoms with Gasteiger partial charge in [0.1, 0.15) is 12.0 Å². The molecule has 0 aliphatic carbocycles. The Morgan fingerprint density at radius 3 is 2.81 bits per heavy atom. The van der Waals surface area contributed by atoms with Crippen LogP contribution in [0.25, 0.3) is 10.9 Å². The maximum Gasteiger partial charge on any atom is 0.329 e. The lowest BCUT2D eigenvalue weighted by atomic mass is 10.2. The van der Waals surface area contributed by atoms with Crippen LogP contribution in [0.3, 0.4) is 0 Å². The molecule has 0 unspecified atom stereocenters. The van der Waals surface area contributed by atoms with Crippen LogP contribution in [-0.4, -0.2) is 15.0 Å². The highest BCUT2D eigenvalue weighted by Crippen LogP contribution is 2.36. The Kier molecular flexibility index (Phi) is 2.47. The summed E-state index contributed by atoms with van der Waals surface area (Å²) >= 11 is 2.96. The van der Waals surface area contributed by atoms with E-state index < -0.39 is 22.2 Å². The summed E-state index contributed by atoms with van der Waals surface area (Å²) in [5.41, 5.74) is -0.367. The second-order valence-corrected chi connectivity index (χ2v) is 3.80. The van der Waals surface area contributed by atoms with Gasteiger partial charge in [-0.15, -0.1) is 0 Å². The van der Waals surface area contributed by atoms with Crippen molar-refractivity contribution in [2.24, 2.45) is 0 Å². The first-order chi connectivity index (χ1) is 7.52. The molecule has 0 fully saturated rings. The lowest BCUT2D eigenvalue weighted by Gasteiger charge is -2.03. The third-order valence-electron chi connectivity index (χ3n) is 2.08. The lowest BCUT2D eigenvalue weighted by Crippen LogP contribution is -1.92. The average Bonchev–Trinajstić information content (AvgIpc) is 2.23. The van der Waals surface area contributed by atoms with E-state index in [4.69, 9.17) is 0 Å². The van der Waals surface area contributed by atoms with E-state index in [-0.39, 0.29) is 15.4 Å². The Morgan fingerprint density at radius 2 is 2.19 bits per heavy atom. The van der Waals surface area contributed by atoms with Crippen LogP contribution in [0.2, 0.25) is 0 Å². The number of halogens is 2. The number of nitro groups is 1. The SMILES string of the molecule is O=[N+]([O-])c1cnc2c(Br)c(F)ccc2c1O. The van der Waals surface area contributed by atoms with Crippen molar-refractivity contribution in [3.63, 3.8) is 0 Å². The molecule has 2 rings (SSSR count). The summed E-state index contributed by atoms with van der Waals surface area (Å²) in [5.74, 6) is -1.07. The summed E-state index contributed by atoms with van der Waals surface area (Å²) in [4.78, 5) is 13.5. The molecule has 16 heavy (non-hydrogen) atoms. The van der Waals surface area contributed by atoms with E-state index in [2.05, 4.69) is 20.9 Å². The highest BCUT2D eigenvalue weighted by Gasteiger charge is 2.19. The molecular formula is C9H4BrFN2O3. The van der Waals surface area contributed by atoms with Crippen LogP contribution in [0.4, 0.5) is 10.1 Å². The minimum Gasteiger partial charge on any atom is -0.502 e. The second kappa shape index (κ2) is 3.67. The van der Waals surface area contributed by atoms with E-state index >= 15 is 0 Å². The summed E-state index contributed by atoms with van der Waals surface area (Å²) in [7, 11) is 0. The van der Waals surface area contributed by atoms with Crippen molar-refractivity contribution in [3.05, 3.63) is 38.7 Å². The molecule has 0 aliphatic rings. The normalized spacial score (nSPS) is 10.6. The van der Waals surface area contributed by atoms with Crippen molar-refractivity contribution >= 4 is 32.5 Å². The fraction of sp³-hybridized carbons (Fsp3) is 0. The predicted molar refractivity (Wildman–Crippen MR) is 57.7 cm³/mol. The van der Waals surface area contributed by atoms with Gasteiger partial charge in [-0.3, -0.25) is 10.1 Å². The Hall–Kier alpha value is -1.76. The smallest absolute Gasteiger partial charge is 0.329 e. The molecule has 0 atom stereocenters. The monoisotopic (exact) mass is 286 g/mol. The molecule has 0 bridgehead atoms. The van der Waals surface area contributed by atoms with Crippen LogP contribution in [0, 0.1) is 15.9 Å². The molecule has 0 spiro atoms. The lowest BCUT2D eigenvalue weighted by molar-refractivity contribution is -0.386. The highest BCUT2D eigenvalue weighted by atomic mass is 79.9. The number of aromatic nitrogens is 1. The molecule has 1 aromatic heterocycles. The van der Waals surface area contributed by atoms with Gasteiger partial charge in [0.2, 0.25) is 5.75 Å². The summed E-state index contributed by atoms with van der Waals surface area (Å²) in [6, 6.07) is 2.34. The molecule has 1 aromatic carbocycles. The Bertz CT molecular complexity index is 603. The number of aromatic hydroxyl groups is 1. The molecule has 7 heteroatoms. The van der Waals surface area contributed by atoms with Gasteiger partial charge in [0.15, 0.2) is 0 Å². The van der Waals surface area contributed by atoms with E-state index in [9.17, 15) is 19.6 Å². The first-order valence-electron chi connectivity index (χ1n) is 4.12. The molecule has 0 amide bonds. The average molecular weight is 287 g/mol. The van der Waals surface area contributed by atoms with Crippen molar-refractivity contribution in [2.45, 2.75) is 0 Å². The number of pyridine rings is 1. The van der Waals surface area contributed by atoms with Gasteiger partial charge in [-0.1, -0.05) is 0 Å². The van der Waals surface area contributed by atoms with Gasteiger partial charge in [0.25, 0.3) is 0 Å². The molecule has 2 aromatic rings. The van der Waals surface area contributed by atoms with Gasteiger partial charge in [0, 0.05) is 0 Å². The van der Waals surface area contributed by atoms with Crippen molar-refractivity contribution in [1.82, 2.24) is 4.98 Å². The molecular weight excluding hydrogens is 283 g/mol. The first kappa shape index (κ1) is 10.7. The second-order valence-electron chi connectivity index (χ2n) is 3.01. The van der Waals surface area contributed by atoms with Crippen LogP contribution < -0.4 is 0 Å². The summed E-state index contributed by atoms with van der Waals surface area (Å²) in [6.45, 7) is 0. The predicted octanol–water partition coefficient (Wildman–Crippen LogP) is 2.75. The highest BCUT2D eigenvalue weighted by molar-refractivity contribution is 9.10. The minimum absolute atomic E-state index is 0.0650. The van der Waals surface area contributed by atoms with Crippen LogP contribution >= 0.6 is 15.9 Å². The quantitative estimate of drug-likeness (QED) is 0.646. The molecule has 0 aliphatic heterocycles. The van der Waals surface area contributed by atoms with Gasteiger partial charge < -0.3 is 5.11 Å². The standard InChI is InChI=1S/C9H4BrFN2O3/c10-7-5(11)2-1-4-8(7)12-3-6(9(4)14)13(15)16/h1-3H,(H,12,14). The van der Waals surface area contributed by atoms with Crippen LogP contribution in [0.15, 0.2) is 22.8 Å². The van der Waals surface area contributed by atoms with E-state index in [1.54, 1.807) is 0 Å². The Morgan fingerprint density at radius 1 is 1.50 bits per heavy atom. The maximum atomic E-state index is 13.1. The Labute approximate surface area is 96.8 Å². The molecule has 0 saturated carbocycles. The minimum atomic E-state index is -0.751. The molecule has 82 valence electrons. The number of hydrogen-bond acceptors (Lipinski definition) is 4. The fourth-order valence-electron chi connectivity index (χ4n) is 1.32. The topological polar surface area (TPSA) is 76.3 Å². The van der Waals surface area contributed by atoms with Crippen molar-refractivity contribution in [2.75, 3.05) is 0 Å². The number of fused-ring (bicyclic) bond motifs is 1. The van der Waals surface area contributed by atoms with Crippen LogP contribution in [0.5, 0.6) is 5.75 Å². The largest absolute Gasteiger partial charge is 0.502 e. The molecule has 1 N–H and O–H groups in total. The molecule has 0 saturated heterocycles. The van der Waals surface area contributed by atoms with Crippen molar-refractivity contribution < 1.29 is 14.4 Å². The van der Waals surface area contributed by atoms with Crippen LogP contribution in [-0.2, 0) is 0 Å². The fourth-order valence-corrected chi connectivity index (χ4v) is 1.76. The van der Waals surface area contributed by atoms with Crippen LogP contribution in [0.1, 0.15) is 0 Å². The zero-order chi connectivity index (χ0) is 11.9. The molecule has 5 nitrogen and oxygen atoms in total. The van der Waals surface area contributed by atoms with Gasteiger partial charge in [-0.25, -0.2) is 9.37 Å². The van der Waals surface area contributed by atoms with E-state index in [0.29, 0.717) is 0 Å². The summed E-state index contributed by atoms with van der Waals surface area (Å²) < 4.78 is 13.2. The number of benzene rings is 1. The first-order valence-corrected chi connectivity index (χ1v) is 4.91. The zero-order valence-electron chi connectivity index (χ0n) is 7.65. The maximum absolute atomic E-state index is 13.1. The molecule has 0 radical (unpaired) electrons. The van der Waals surface area contributed by atoms with E-state index in [1.165, 1.54) is 6.07 Å². The summed E-state index contributed by atoms with van der Waals surface area (Å²) in [6.07, 6.45) is 0.891. The number of hydrogen-bond donors (Lipinski definition) is 1. The zero-order valence-corrected chi connectivity index (χ0v) is 9.23. The van der Waals surface area contributed by atoms with Gasteiger partial charge in [-0.05, 0) is 28.1 Å². The van der Waals surface area contributed by atoms with Crippen molar-refractivity contribution in [1.29, 1.82) is 0 Å². The molecule has 1 heterocycles. The van der Waals surface area contributed by atoms with Crippen molar-refractivity contribution in [3.8, 4) is 5.75 Å². The van der Waals surface area contributed by atoms with Gasteiger partial charge in [0.05, 0.1) is 20.3 Å². The number of rotatable bonds is 1. The third-order valence-corrected chi connectivity index (χ3v) is 2.83. The van der Waals surface area contributed by atoms with E-state index in [1.807, 2.05) is 0 Å². The number of nitrogens with zero attached hydrogens (tertiary/aromatic N) is 2. The van der Waals surface area contributed by atoms with Gasteiger partial charge >= 0.3 is 5.69 Å². The van der Waals surface area contributed by atoms with E-state index in [0.717, 1.165) is 12.3 Å².